The van der Waals surface area contributed by atoms with Gasteiger partial charge >= 0.3 is 6.09 Å². The van der Waals surface area contributed by atoms with E-state index in [1.807, 2.05) is 29.6 Å². The lowest BCUT2D eigenvalue weighted by molar-refractivity contribution is 0.180. The second kappa shape index (κ2) is 3.90. The molecule has 78 valence electrons. The maximum absolute atomic E-state index is 11.4. The summed E-state index contributed by atoms with van der Waals surface area (Å²) in [6, 6.07) is 7.99. The number of nitrogens with zero attached hydrogens (tertiary/aromatic N) is 1. The summed E-state index contributed by atoms with van der Waals surface area (Å²) in [6.07, 6.45) is -0.349. The Morgan fingerprint density at radius 1 is 1.40 bits per heavy atom. The number of anilines is 1. The number of amides is 1. The summed E-state index contributed by atoms with van der Waals surface area (Å²) in [5, 5.41) is 3.04. The van der Waals surface area contributed by atoms with Gasteiger partial charge in [0.25, 0.3) is 0 Å². The van der Waals surface area contributed by atoms with Gasteiger partial charge in [0.05, 0.1) is 12.8 Å². The second-order valence-corrected chi connectivity index (χ2v) is 4.06. The summed E-state index contributed by atoms with van der Waals surface area (Å²) in [5.41, 5.74) is 0.891. The van der Waals surface area contributed by atoms with Crippen LogP contribution in [0.25, 0.3) is 10.1 Å². The Kier molecular flexibility index (Phi) is 2.60. The highest BCUT2D eigenvalue weighted by Crippen LogP contribution is 2.32. The third kappa shape index (κ3) is 1.68. The third-order valence-corrected chi connectivity index (χ3v) is 3.22. The molecule has 1 aromatic heterocycles. The van der Waals surface area contributed by atoms with Crippen molar-refractivity contribution in [2.24, 2.45) is 0 Å². The van der Waals surface area contributed by atoms with Crippen LogP contribution in [0, 0.1) is 0 Å². The van der Waals surface area contributed by atoms with Crippen molar-refractivity contribution in [1.82, 2.24) is 0 Å². The zero-order valence-electron chi connectivity index (χ0n) is 8.56. The fraction of sp³-hybridized carbons (Fsp3) is 0.182. The number of hydrogen-bond donors (Lipinski definition) is 0. The molecule has 0 unspecified atom stereocenters. The fourth-order valence-corrected chi connectivity index (χ4v) is 2.44. The van der Waals surface area contributed by atoms with Gasteiger partial charge in [-0.3, -0.25) is 4.90 Å². The summed E-state index contributed by atoms with van der Waals surface area (Å²) >= 11 is 1.62. The summed E-state index contributed by atoms with van der Waals surface area (Å²) in [7, 11) is 3.09. The molecule has 0 atom stereocenters. The molecule has 1 heterocycles. The van der Waals surface area contributed by atoms with Gasteiger partial charge in [0.1, 0.15) is 0 Å². The number of thiophene rings is 1. The summed E-state index contributed by atoms with van der Waals surface area (Å²) < 4.78 is 5.85. The molecule has 1 amide bonds. The van der Waals surface area contributed by atoms with Gasteiger partial charge in [-0.05, 0) is 6.07 Å². The molecule has 0 saturated carbocycles. The van der Waals surface area contributed by atoms with Gasteiger partial charge in [0, 0.05) is 22.5 Å². The largest absolute Gasteiger partial charge is 0.452 e. The molecule has 2 rings (SSSR count). The van der Waals surface area contributed by atoms with Crippen LogP contribution >= 0.6 is 11.3 Å². The Morgan fingerprint density at radius 2 is 2.13 bits per heavy atom. The quantitative estimate of drug-likeness (QED) is 0.740. The van der Waals surface area contributed by atoms with E-state index in [2.05, 4.69) is 4.74 Å². The van der Waals surface area contributed by atoms with Crippen LogP contribution in [0.1, 0.15) is 0 Å². The van der Waals surface area contributed by atoms with Gasteiger partial charge in [0.15, 0.2) is 0 Å². The Balaban J connectivity index is 2.48. The number of benzene rings is 1. The maximum Gasteiger partial charge on any atom is 0.413 e. The van der Waals surface area contributed by atoms with Crippen molar-refractivity contribution in [3.8, 4) is 0 Å². The zero-order valence-corrected chi connectivity index (χ0v) is 9.38. The minimum absolute atomic E-state index is 0.349. The van der Waals surface area contributed by atoms with Crippen molar-refractivity contribution in [2.45, 2.75) is 0 Å². The molecule has 3 nitrogen and oxygen atoms in total. The molecule has 0 N–H and O–H groups in total. The molecular weight excluding hydrogens is 210 g/mol. The number of carbonyl (C=O) groups excluding carboxylic acids is 1. The normalized spacial score (nSPS) is 10.3. The SMILES string of the molecule is COC(=O)N(C)c1csc2ccccc12. The van der Waals surface area contributed by atoms with Crippen LogP contribution in [0.5, 0.6) is 0 Å². The average molecular weight is 221 g/mol. The molecule has 2 aromatic rings. The summed E-state index contributed by atoms with van der Waals surface area (Å²) in [6.45, 7) is 0. The smallest absolute Gasteiger partial charge is 0.413 e. The van der Waals surface area contributed by atoms with E-state index < -0.39 is 0 Å². The first-order chi connectivity index (χ1) is 7.24. The summed E-state index contributed by atoms with van der Waals surface area (Å²) in [5.74, 6) is 0. The molecule has 0 spiro atoms. The fourth-order valence-electron chi connectivity index (χ4n) is 1.46. The molecule has 0 fully saturated rings. The van der Waals surface area contributed by atoms with Gasteiger partial charge in [-0.15, -0.1) is 11.3 Å². The van der Waals surface area contributed by atoms with E-state index in [0.717, 1.165) is 11.1 Å². The number of hydrogen-bond acceptors (Lipinski definition) is 3. The van der Waals surface area contributed by atoms with Crippen molar-refractivity contribution in [2.75, 3.05) is 19.1 Å². The molecule has 4 heteroatoms. The lowest BCUT2D eigenvalue weighted by Crippen LogP contribution is -2.25. The Bertz CT molecular complexity index is 492. The van der Waals surface area contributed by atoms with Crippen molar-refractivity contribution in [1.29, 1.82) is 0 Å². The monoisotopic (exact) mass is 221 g/mol. The van der Waals surface area contributed by atoms with Crippen LogP contribution in [0.2, 0.25) is 0 Å². The maximum atomic E-state index is 11.4. The lowest BCUT2D eigenvalue weighted by atomic mass is 10.2. The van der Waals surface area contributed by atoms with E-state index in [1.54, 1.807) is 18.4 Å². The number of ether oxygens (including phenoxy) is 1. The van der Waals surface area contributed by atoms with E-state index in [1.165, 1.54) is 16.7 Å². The first-order valence-electron chi connectivity index (χ1n) is 4.52. The number of carbonyl (C=O) groups is 1. The molecule has 0 aliphatic rings. The molecular formula is C11H11NO2S. The molecule has 0 radical (unpaired) electrons. The Labute approximate surface area is 91.9 Å². The molecule has 0 bridgehead atoms. The minimum Gasteiger partial charge on any atom is -0.452 e. The standard InChI is InChI=1S/C11H11NO2S/c1-12(11(13)14-2)9-7-15-10-6-4-3-5-8(9)10/h3-7H,1-2H3. The van der Waals surface area contributed by atoms with Gasteiger partial charge in [0.2, 0.25) is 0 Å². The van der Waals surface area contributed by atoms with Crippen molar-refractivity contribution >= 4 is 33.2 Å². The van der Waals surface area contributed by atoms with Gasteiger partial charge in [-0.1, -0.05) is 18.2 Å². The molecule has 15 heavy (non-hydrogen) atoms. The van der Waals surface area contributed by atoms with Crippen LogP contribution in [0.15, 0.2) is 29.6 Å². The highest BCUT2D eigenvalue weighted by Gasteiger charge is 2.14. The van der Waals surface area contributed by atoms with Gasteiger partial charge < -0.3 is 4.74 Å². The topological polar surface area (TPSA) is 29.5 Å². The number of methoxy groups -OCH3 is 1. The first-order valence-corrected chi connectivity index (χ1v) is 5.40. The van der Waals surface area contributed by atoms with Gasteiger partial charge in [-0.25, -0.2) is 4.79 Å². The van der Waals surface area contributed by atoms with Crippen LogP contribution in [-0.4, -0.2) is 20.3 Å². The minimum atomic E-state index is -0.349. The molecule has 0 aliphatic heterocycles. The zero-order chi connectivity index (χ0) is 10.8. The number of fused-ring (bicyclic) bond motifs is 1. The van der Waals surface area contributed by atoms with Crippen LogP contribution < -0.4 is 4.90 Å². The number of rotatable bonds is 1. The Morgan fingerprint density at radius 3 is 2.87 bits per heavy atom. The predicted molar refractivity (Wildman–Crippen MR) is 62.6 cm³/mol. The Hall–Kier alpha value is -1.55. The van der Waals surface area contributed by atoms with Crippen molar-refractivity contribution < 1.29 is 9.53 Å². The van der Waals surface area contributed by atoms with Crippen LogP contribution in [0.4, 0.5) is 10.5 Å². The molecule has 0 saturated heterocycles. The van der Waals surface area contributed by atoms with E-state index in [0.29, 0.717) is 0 Å². The first kappa shape index (κ1) is 9.98. The highest BCUT2D eigenvalue weighted by molar-refractivity contribution is 7.17. The lowest BCUT2D eigenvalue weighted by Gasteiger charge is -2.14. The molecule has 1 aromatic carbocycles. The van der Waals surface area contributed by atoms with E-state index in [-0.39, 0.29) is 6.09 Å². The highest BCUT2D eigenvalue weighted by atomic mass is 32.1. The van der Waals surface area contributed by atoms with E-state index in [4.69, 9.17) is 0 Å². The second-order valence-electron chi connectivity index (χ2n) is 3.15. The van der Waals surface area contributed by atoms with Crippen molar-refractivity contribution in [3.63, 3.8) is 0 Å². The van der Waals surface area contributed by atoms with Crippen LogP contribution in [0.3, 0.4) is 0 Å². The summed E-state index contributed by atoms with van der Waals surface area (Å²) in [4.78, 5) is 12.9. The van der Waals surface area contributed by atoms with Crippen LogP contribution in [-0.2, 0) is 4.74 Å². The predicted octanol–water partition coefficient (Wildman–Crippen LogP) is 3.10. The average Bonchev–Trinajstić information content (AvgIpc) is 2.70. The van der Waals surface area contributed by atoms with E-state index >= 15 is 0 Å². The van der Waals surface area contributed by atoms with E-state index in [9.17, 15) is 4.79 Å². The van der Waals surface area contributed by atoms with Crippen molar-refractivity contribution in [3.05, 3.63) is 29.6 Å². The van der Waals surface area contributed by atoms with Gasteiger partial charge in [-0.2, -0.15) is 0 Å². The molecule has 0 aliphatic carbocycles. The third-order valence-electron chi connectivity index (χ3n) is 2.27.